The Morgan fingerprint density at radius 2 is 2.18 bits per heavy atom. The van der Waals surface area contributed by atoms with Crippen molar-refractivity contribution in [2.24, 2.45) is 7.05 Å². The summed E-state index contributed by atoms with van der Waals surface area (Å²) in [6, 6.07) is 7.94. The van der Waals surface area contributed by atoms with Crippen molar-refractivity contribution in [1.82, 2.24) is 15.1 Å². The van der Waals surface area contributed by atoms with Gasteiger partial charge in [-0.15, -0.1) is 0 Å². The summed E-state index contributed by atoms with van der Waals surface area (Å²) < 4.78 is 2.80. The number of halogens is 2. The second kappa shape index (κ2) is 5.67. The molecule has 1 N–H and O–H groups in total. The predicted octanol–water partition coefficient (Wildman–Crippen LogP) is 3.13. The molecular formula is C12H13BrClN3. The molecule has 1 aromatic carbocycles. The van der Waals surface area contributed by atoms with Crippen LogP contribution in [0.2, 0.25) is 5.02 Å². The van der Waals surface area contributed by atoms with Crippen LogP contribution < -0.4 is 5.32 Å². The maximum atomic E-state index is 5.94. The van der Waals surface area contributed by atoms with Gasteiger partial charge in [0, 0.05) is 30.8 Å². The zero-order valence-electron chi connectivity index (χ0n) is 9.45. The third-order valence-corrected chi connectivity index (χ3v) is 3.76. The topological polar surface area (TPSA) is 29.9 Å². The summed E-state index contributed by atoms with van der Waals surface area (Å²) in [4.78, 5) is 0. The molecule has 0 radical (unpaired) electrons. The van der Waals surface area contributed by atoms with E-state index in [1.807, 2.05) is 36.0 Å². The van der Waals surface area contributed by atoms with E-state index in [4.69, 9.17) is 11.6 Å². The van der Waals surface area contributed by atoms with Crippen LogP contribution in [0.3, 0.4) is 0 Å². The van der Waals surface area contributed by atoms with Crippen molar-refractivity contribution in [3.63, 3.8) is 0 Å². The monoisotopic (exact) mass is 313 g/mol. The maximum absolute atomic E-state index is 5.94. The normalized spacial score (nSPS) is 10.8. The minimum atomic E-state index is 0.736. The number of benzene rings is 1. The Morgan fingerprint density at radius 3 is 2.82 bits per heavy atom. The second-order valence-corrected chi connectivity index (χ2v) is 5.06. The molecule has 0 saturated heterocycles. The summed E-state index contributed by atoms with van der Waals surface area (Å²) in [6.07, 6.45) is 1.80. The van der Waals surface area contributed by atoms with E-state index in [9.17, 15) is 0 Å². The Hall–Kier alpha value is -0.840. The first-order chi connectivity index (χ1) is 8.16. The maximum Gasteiger partial charge on any atom is 0.0548 e. The van der Waals surface area contributed by atoms with Crippen molar-refractivity contribution < 1.29 is 0 Å². The van der Waals surface area contributed by atoms with Gasteiger partial charge in [-0.05, 0) is 39.7 Å². The van der Waals surface area contributed by atoms with E-state index in [0.717, 1.165) is 28.3 Å². The van der Waals surface area contributed by atoms with Crippen LogP contribution in [0.5, 0.6) is 0 Å². The molecule has 1 aromatic heterocycles. The van der Waals surface area contributed by atoms with Gasteiger partial charge in [0.1, 0.15) is 0 Å². The molecular weight excluding hydrogens is 302 g/mol. The summed E-state index contributed by atoms with van der Waals surface area (Å²) in [7, 11) is 1.94. The van der Waals surface area contributed by atoms with Crippen molar-refractivity contribution in [2.75, 3.05) is 0 Å². The van der Waals surface area contributed by atoms with E-state index >= 15 is 0 Å². The van der Waals surface area contributed by atoms with E-state index in [1.165, 1.54) is 5.56 Å². The highest BCUT2D eigenvalue weighted by Crippen LogP contribution is 2.23. The van der Waals surface area contributed by atoms with Crippen molar-refractivity contribution in [3.8, 4) is 0 Å². The Labute approximate surface area is 114 Å². The molecule has 2 rings (SSSR count). The van der Waals surface area contributed by atoms with E-state index in [0.29, 0.717) is 0 Å². The number of aryl methyl sites for hydroxylation is 1. The summed E-state index contributed by atoms with van der Waals surface area (Å²) in [6.45, 7) is 1.61. The second-order valence-electron chi connectivity index (χ2n) is 3.80. The number of hydrogen-bond donors (Lipinski definition) is 1. The fraction of sp³-hybridized carbons (Fsp3) is 0.250. The molecule has 0 saturated carbocycles. The number of nitrogens with one attached hydrogen (secondary N) is 1. The molecule has 0 fully saturated rings. The average Bonchev–Trinajstić information content (AvgIpc) is 2.70. The fourth-order valence-electron chi connectivity index (χ4n) is 1.56. The molecule has 5 heteroatoms. The largest absolute Gasteiger partial charge is 0.307 e. The minimum absolute atomic E-state index is 0.736. The third kappa shape index (κ3) is 3.31. The summed E-state index contributed by atoms with van der Waals surface area (Å²) in [5.41, 5.74) is 2.36. The molecule has 0 aliphatic carbocycles. The fourth-order valence-corrected chi connectivity index (χ4v) is 2.10. The highest BCUT2D eigenvalue weighted by atomic mass is 79.9. The van der Waals surface area contributed by atoms with Gasteiger partial charge in [-0.1, -0.05) is 17.7 Å². The number of hydrogen-bond acceptors (Lipinski definition) is 2. The summed E-state index contributed by atoms with van der Waals surface area (Å²) >= 11 is 9.35. The Balaban J connectivity index is 1.90. The van der Waals surface area contributed by atoms with Crippen molar-refractivity contribution in [1.29, 1.82) is 0 Å². The zero-order valence-corrected chi connectivity index (χ0v) is 11.8. The lowest BCUT2D eigenvalue weighted by Crippen LogP contribution is -2.15. The van der Waals surface area contributed by atoms with Gasteiger partial charge >= 0.3 is 0 Å². The molecule has 0 spiro atoms. The van der Waals surface area contributed by atoms with Crippen LogP contribution in [-0.2, 0) is 20.1 Å². The summed E-state index contributed by atoms with van der Waals surface area (Å²) in [5, 5.41) is 8.22. The molecule has 0 aliphatic heterocycles. The molecule has 2 aromatic rings. The van der Waals surface area contributed by atoms with Crippen LogP contribution in [0.4, 0.5) is 0 Å². The van der Waals surface area contributed by atoms with Crippen LogP contribution in [-0.4, -0.2) is 9.78 Å². The lowest BCUT2D eigenvalue weighted by Gasteiger charge is -2.06. The predicted molar refractivity (Wildman–Crippen MR) is 72.9 cm³/mol. The highest BCUT2D eigenvalue weighted by molar-refractivity contribution is 9.10. The van der Waals surface area contributed by atoms with Gasteiger partial charge in [0.25, 0.3) is 0 Å². The van der Waals surface area contributed by atoms with Gasteiger partial charge in [0.05, 0.1) is 10.7 Å². The first kappa shape index (κ1) is 12.6. The quantitative estimate of drug-likeness (QED) is 0.939. The lowest BCUT2D eigenvalue weighted by atomic mass is 10.2. The SMILES string of the molecule is Cn1nccc1CNCc1ccc(Cl)c(Br)c1. The zero-order chi connectivity index (χ0) is 12.3. The molecule has 1 heterocycles. The number of rotatable bonds is 4. The molecule has 90 valence electrons. The number of nitrogens with zero attached hydrogens (tertiary/aromatic N) is 2. The van der Waals surface area contributed by atoms with Gasteiger partial charge in [0.2, 0.25) is 0 Å². The molecule has 0 unspecified atom stereocenters. The molecule has 0 atom stereocenters. The molecule has 3 nitrogen and oxygen atoms in total. The van der Waals surface area contributed by atoms with E-state index in [-0.39, 0.29) is 0 Å². The van der Waals surface area contributed by atoms with Crippen LogP contribution in [0.1, 0.15) is 11.3 Å². The van der Waals surface area contributed by atoms with Crippen LogP contribution in [0.25, 0.3) is 0 Å². The smallest absolute Gasteiger partial charge is 0.0548 e. The van der Waals surface area contributed by atoms with Crippen molar-refractivity contribution >= 4 is 27.5 Å². The lowest BCUT2D eigenvalue weighted by molar-refractivity contribution is 0.626. The van der Waals surface area contributed by atoms with Crippen LogP contribution in [0, 0.1) is 0 Å². The van der Waals surface area contributed by atoms with Crippen LogP contribution in [0.15, 0.2) is 34.9 Å². The molecule has 17 heavy (non-hydrogen) atoms. The molecule has 0 aliphatic rings. The Morgan fingerprint density at radius 1 is 1.35 bits per heavy atom. The molecule has 0 bridgehead atoms. The summed E-state index contributed by atoms with van der Waals surface area (Å²) in [5.74, 6) is 0. The highest BCUT2D eigenvalue weighted by Gasteiger charge is 2.00. The van der Waals surface area contributed by atoms with E-state index in [2.05, 4.69) is 26.3 Å². The van der Waals surface area contributed by atoms with Crippen molar-refractivity contribution in [2.45, 2.75) is 13.1 Å². The van der Waals surface area contributed by atoms with E-state index < -0.39 is 0 Å². The van der Waals surface area contributed by atoms with Gasteiger partial charge in [-0.2, -0.15) is 5.10 Å². The first-order valence-electron chi connectivity index (χ1n) is 5.28. The van der Waals surface area contributed by atoms with Crippen molar-refractivity contribution in [3.05, 3.63) is 51.2 Å². The Kier molecular flexibility index (Phi) is 4.20. The molecule has 0 amide bonds. The van der Waals surface area contributed by atoms with E-state index in [1.54, 1.807) is 6.20 Å². The van der Waals surface area contributed by atoms with Gasteiger partial charge in [-0.3, -0.25) is 4.68 Å². The first-order valence-corrected chi connectivity index (χ1v) is 6.45. The number of aromatic nitrogens is 2. The Bertz CT molecular complexity index is 510. The van der Waals surface area contributed by atoms with Gasteiger partial charge < -0.3 is 5.32 Å². The average molecular weight is 315 g/mol. The minimum Gasteiger partial charge on any atom is -0.307 e. The third-order valence-electron chi connectivity index (χ3n) is 2.54. The van der Waals surface area contributed by atoms with Gasteiger partial charge in [-0.25, -0.2) is 0 Å². The van der Waals surface area contributed by atoms with Gasteiger partial charge in [0.15, 0.2) is 0 Å². The standard InChI is InChI=1S/C12H13BrClN3/c1-17-10(4-5-16-17)8-15-7-9-2-3-12(14)11(13)6-9/h2-6,15H,7-8H2,1H3. The van der Waals surface area contributed by atoms with Crippen LogP contribution >= 0.6 is 27.5 Å².